The first kappa shape index (κ1) is 20.3. The summed E-state index contributed by atoms with van der Waals surface area (Å²) in [5, 5.41) is 14.6. The molecule has 6 nitrogen and oxygen atoms in total. The molecule has 0 fully saturated rings. The molecule has 0 spiro atoms. The van der Waals surface area contributed by atoms with Crippen molar-refractivity contribution in [1.82, 2.24) is 4.98 Å². The van der Waals surface area contributed by atoms with Gasteiger partial charge in [0.25, 0.3) is 10.0 Å². The third-order valence-corrected chi connectivity index (χ3v) is 7.20. The normalized spacial score (nSPS) is 12.6. The number of hydrogen-bond acceptors (Lipinski definition) is 6. The van der Waals surface area contributed by atoms with Gasteiger partial charge in [-0.05, 0) is 23.6 Å². The van der Waals surface area contributed by atoms with Gasteiger partial charge in [-0.15, -0.1) is 11.3 Å². The molecular weight excluding hydrogens is 420 g/mol. The lowest BCUT2D eigenvalue weighted by atomic mass is 10.1. The molecule has 1 atom stereocenters. The summed E-state index contributed by atoms with van der Waals surface area (Å²) in [5.41, 5.74) is 0. The van der Waals surface area contributed by atoms with Crippen LogP contribution in [0.1, 0.15) is 0 Å². The standard InChI is InChI=1S/C22H20N2O4S2/c25-18(16-28-21-12-6-8-17-7-4-5-11-20(17)21)15-24(22-23-13-14-29-22)30(26,27)19-9-2-1-3-10-19/h1-14,18,25H,15-16H2. The van der Waals surface area contributed by atoms with Crippen molar-refractivity contribution in [2.45, 2.75) is 11.0 Å². The number of fused-ring (bicyclic) bond motifs is 1. The number of sulfonamides is 1. The Labute approximate surface area is 179 Å². The molecule has 8 heteroatoms. The molecule has 0 radical (unpaired) electrons. The minimum absolute atomic E-state index is 0.0554. The molecule has 0 bridgehead atoms. The second-order valence-electron chi connectivity index (χ2n) is 6.61. The number of benzene rings is 3. The Morgan fingerprint density at radius 2 is 1.73 bits per heavy atom. The molecule has 3 aromatic carbocycles. The Balaban J connectivity index is 1.53. The van der Waals surface area contributed by atoms with Crippen molar-refractivity contribution in [1.29, 1.82) is 0 Å². The third-order valence-electron chi connectivity index (χ3n) is 4.52. The number of nitrogens with zero attached hydrogens (tertiary/aromatic N) is 2. The molecule has 0 saturated carbocycles. The fourth-order valence-corrected chi connectivity index (χ4v) is 5.45. The number of anilines is 1. The van der Waals surface area contributed by atoms with E-state index in [4.69, 9.17) is 4.74 Å². The third kappa shape index (κ3) is 4.30. The highest BCUT2D eigenvalue weighted by molar-refractivity contribution is 7.93. The molecule has 0 amide bonds. The number of rotatable bonds is 8. The van der Waals surface area contributed by atoms with E-state index in [0.29, 0.717) is 10.9 Å². The zero-order valence-electron chi connectivity index (χ0n) is 16.0. The van der Waals surface area contributed by atoms with Gasteiger partial charge < -0.3 is 9.84 Å². The van der Waals surface area contributed by atoms with Crippen LogP contribution in [-0.4, -0.2) is 37.8 Å². The summed E-state index contributed by atoms with van der Waals surface area (Å²) in [7, 11) is -3.87. The van der Waals surface area contributed by atoms with Gasteiger partial charge in [0.15, 0.2) is 5.13 Å². The van der Waals surface area contributed by atoms with Gasteiger partial charge in [-0.25, -0.2) is 17.7 Å². The lowest BCUT2D eigenvalue weighted by Gasteiger charge is -2.24. The number of ether oxygens (including phenoxy) is 1. The van der Waals surface area contributed by atoms with E-state index in [9.17, 15) is 13.5 Å². The maximum Gasteiger partial charge on any atom is 0.266 e. The van der Waals surface area contributed by atoms with Crippen LogP contribution in [0.4, 0.5) is 5.13 Å². The molecular formula is C22H20N2O4S2. The van der Waals surface area contributed by atoms with Gasteiger partial charge >= 0.3 is 0 Å². The van der Waals surface area contributed by atoms with Gasteiger partial charge in [0.2, 0.25) is 0 Å². The smallest absolute Gasteiger partial charge is 0.266 e. The maximum atomic E-state index is 13.2. The summed E-state index contributed by atoms with van der Waals surface area (Å²) in [5.74, 6) is 0.638. The number of aliphatic hydroxyl groups excluding tert-OH is 1. The summed E-state index contributed by atoms with van der Waals surface area (Å²) in [6.07, 6.45) is 0.485. The van der Waals surface area contributed by atoms with Crippen molar-refractivity contribution in [2.75, 3.05) is 17.5 Å². The topological polar surface area (TPSA) is 79.7 Å². The van der Waals surface area contributed by atoms with Crippen LogP contribution in [0.25, 0.3) is 10.8 Å². The number of hydrogen-bond donors (Lipinski definition) is 1. The first-order valence-electron chi connectivity index (χ1n) is 9.31. The van der Waals surface area contributed by atoms with Gasteiger partial charge in [-0.2, -0.15) is 0 Å². The van der Waals surface area contributed by atoms with Gasteiger partial charge in [0.05, 0.1) is 11.4 Å². The highest BCUT2D eigenvalue weighted by Gasteiger charge is 2.29. The Bertz CT molecular complexity index is 1210. The summed E-state index contributed by atoms with van der Waals surface area (Å²) < 4.78 is 33.3. The van der Waals surface area contributed by atoms with E-state index < -0.39 is 16.1 Å². The maximum absolute atomic E-state index is 13.2. The molecule has 1 heterocycles. The van der Waals surface area contributed by atoms with E-state index in [1.807, 2.05) is 42.5 Å². The van der Waals surface area contributed by atoms with Gasteiger partial charge in [-0.3, -0.25) is 0 Å². The van der Waals surface area contributed by atoms with Crippen molar-refractivity contribution >= 4 is 37.3 Å². The molecule has 0 aliphatic carbocycles. The number of thiazole rings is 1. The highest BCUT2D eigenvalue weighted by Crippen LogP contribution is 2.27. The summed E-state index contributed by atoms with van der Waals surface area (Å²) >= 11 is 1.19. The van der Waals surface area contributed by atoms with E-state index in [0.717, 1.165) is 15.1 Å². The number of aliphatic hydroxyl groups is 1. The second kappa shape index (κ2) is 8.83. The molecule has 1 unspecified atom stereocenters. The van der Waals surface area contributed by atoms with E-state index in [2.05, 4.69) is 4.98 Å². The van der Waals surface area contributed by atoms with E-state index in [-0.39, 0.29) is 18.0 Å². The van der Waals surface area contributed by atoms with Crippen LogP contribution in [0.3, 0.4) is 0 Å². The molecule has 4 rings (SSSR count). The van der Waals surface area contributed by atoms with E-state index in [1.165, 1.54) is 29.7 Å². The van der Waals surface area contributed by atoms with Crippen LogP contribution in [0.15, 0.2) is 89.3 Å². The molecule has 1 aromatic heterocycles. The van der Waals surface area contributed by atoms with Crippen LogP contribution >= 0.6 is 11.3 Å². The monoisotopic (exact) mass is 440 g/mol. The summed E-state index contributed by atoms with van der Waals surface area (Å²) in [4.78, 5) is 4.28. The Morgan fingerprint density at radius 3 is 2.50 bits per heavy atom. The average Bonchev–Trinajstić information content (AvgIpc) is 3.31. The van der Waals surface area contributed by atoms with Gasteiger partial charge in [0, 0.05) is 17.0 Å². The predicted octanol–water partition coefficient (Wildman–Crippen LogP) is 3.93. The quantitative estimate of drug-likeness (QED) is 0.449. The molecule has 30 heavy (non-hydrogen) atoms. The summed E-state index contributed by atoms with van der Waals surface area (Å²) in [6.45, 7) is -0.226. The largest absolute Gasteiger partial charge is 0.490 e. The first-order chi connectivity index (χ1) is 14.6. The fraction of sp³-hybridized carbons (Fsp3) is 0.136. The van der Waals surface area contributed by atoms with Gasteiger partial charge in [-0.1, -0.05) is 54.6 Å². The van der Waals surface area contributed by atoms with Crippen LogP contribution in [-0.2, 0) is 10.0 Å². The molecule has 0 aliphatic heterocycles. The first-order valence-corrected chi connectivity index (χ1v) is 11.6. The van der Waals surface area contributed by atoms with Crippen molar-refractivity contribution in [3.63, 3.8) is 0 Å². The molecule has 0 saturated heterocycles. The molecule has 0 aliphatic rings. The Kier molecular flexibility index (Phi) is 5.98. The van der Waals surface area contributed by atoms with Crippen molar-refractivity contribution < 1.29 is 18.3 Å². The fourth-order valence-electron chi connectivity index (χ4n) is 3.09. The molecule has 1 N–H and O–H groups in total. The Morgan fingerprint density at radius 1 is 1.00 bits per heavy atom. The van der Waals surface area contributed by atoms with E-state index >= 15 is 0 Å². The zero-order valence-corrected chi connectivity index (χ0v) is 17.6. The second-order valence-corrected chi connectivity index (χ2v) is 9.34. The van der Waals surface area contributed by atoms with Crippen LogP contribution in [0.5, 0.6) is 5.75 Å². The van der Waals surface area contributed by atoms with Gasteiger partial charge in [0.1, 0.15) is 18.5 Å². The summed E-state index contributed by atoms with van der Waals surface area (Å²) in [6, 6.07) is 21.6. The molecule has 154 valence electrons. The lowest BCUT2D eigenvalue weighted by Crippen LogP contribution is -2.39. The Hall–Kier alpha value is -2.94. The van der Waals surface area contributed by atoms with E-state index in [1.54, 1.807) is 23.6 Å². The predicted molar refractivity (Wildman–Crippen MR) is 119 cm³/mol. The SMILES string of the molecule is O=S(=O)(c1ccccc1)N(CC(O)COc1cccc2ccccc12)c1nccs1. The van der Waals surface area contributed by atoms with Crippen molar-refractivity contribution in [2.24, 2.45) is 0 Å². The van der Waals surface area contributed by atoms with Crippen molar-refractivity contribution in [3.8, 4) is 5.75 Å². The highest BCUT2D eigenvalue weighted by atomic mass is 32.2. The zero-order chi connectivity index (χ0) is 21.0. The lowest BCUT2D eigenvalue weighted by molar-refractivity contribution is 0.116. The minimum Gasteiger partial charge on any atom is -0.490 e. The average molecular weight is 441 g/mol. The van der Waals surface area contributed by atoms with Crippen LogP contribution < -0.4 is 9.04 Å². The van der Waals surface area contributed by atoms with Crippen LogP contribution in [0.2, 0.25) is 0 Å². The van der Waals surface area contributed by atoms with Crippen molar-refractivity contribution in [3.05, 3.63) is 84.4 Å². The number of aromatic nitrogens is 1. The molecule has 4 aromatic rings. The minimum atomic E-state index is -3.87. The van der Waals surface area contributed by atoms with Crippen LogP contribution in [0, 0.1) is 0 Å².